The van der Waals surface area contributed by atoms with Gasteiger partial charge in [0.05, 0.1) is 12.8 Å². The van der Waals surface area contributed by atoms with E-state index < -0.39 is 0 Å². The van der Waals surface area contributed by atoms with E-state index >= 15 is 0 Å². The van der Waals surface area contributed by atoms with Gasteiger partial charge in [-0.15, -0.1) is 0 Å². The first kappa shape index (κ1) is 12.5. The van der Waals surface area contributed by atoms with Crippen LogP contribution in [0.15, 0.2) is 12.1 Å². The largest absolute Gasteiger partial charge is 0.497 e. The normalized spacial score (nSPS) is 10.3. The van der Waals surface area contributed by atoms with Gasteiger partial charge in [-0.25, -0.2) is 0 Å². The molecule has 0 atom stereocenters. The molecule has 84 valence electrons. The van der Waals surface area contributed by atoms with Crippen LogP contribution in [0.3, 0.4) is 0 Å². The molecule has 1 aromatic heterocycles. The molecule has 0 amide bonds. The van der Waals surface area contributed by atoms with Crippen molar-refractivity contribution in [2.24, 2.45) is 0 Å². The number of nitrogens with zero attached hydrogens (tertiary/aromatic N) is 1. The molecule has 0 unspecified atom stereocenters. The van der Waals surface area contributed by atoms with Crippen LogP contribution in [0.5, 0.6) is 5.75 Å². The van der Waals surface area contributed by atoms with Crippen LogP contribution in [-0.4, -0.2) is 24.0 Å². The van der Waals surface area contributed by atoms with Crippen LogP contribution in [0.2, 0.25) is 0 Å². The van der Waals surface area contributed by atoms with Gasteiger partial charge in [-0.05, 0) is 19.9 Å². The smallest absolute Gasteiger partial charge is 0.122 e. The fraction of sp³-hybridized carbons (Fsp3) is 0.545. The molecule has 3 nitrogen and oxygen atoms in total. The predicted molar refractivity (Wildman–Crippen MR) is 65.6 cm³/mol. The van der Waals surface area contributed by atoms with Crippen LogP contribution in [0, 0.1) is 6.92 Å². The SMILES string of the molecule is COc1cc(C)nc(CNCCCBr)c1. The standard InChI is InChI=1S/C11H17BrN2O/c1-9-6-11(15-2)7-10(14-9)8-13-5-3-4-12/h6-7,13H,3-5,8H2,1-2H3. The number of halogens is 1. The van der Waals surface area contributed by atoms with E-state index in [1.54, 1.807) is 7.11 Å². The van der Waals surface area contributed by atoms with Crippen LogP contribution in [-0.2, 0) is 6.54 Å². The van der Waals surface area contributed by atoms with Gasteiger partial charge in [-0.2, -0.15) is 0 Å². The first-order valence-electron chi connectivity index (χ1n) is 5.04. The number of pyridine rings is 1. The second-order valence-corrected chi connectivity index (χ2v) is 4.15. The lowest BCUT2D eigenvalue weighted by atomic mass is 10.3. The summed E-state index contributed by atoms with van der Waals surface area (Å²) in [6.07, 6.45) is 1.13. The third-order valence-electron chi connectivity index (χ3n) is 2.01. The number of alkyl halides is 1. The number of ether oxygens (including phenoxy) is 1. The van der Waals surface area contributed by atoms with Crippen molar-refractivity contribution in [1.82, 2.24) is 10.3 Å². The van der Waals surface area contributed by atoms with Crippen molar-refractivity contribution < 1.29 is 4.74 Å². The highest BCUT2D eigenvalue weighted by Gasteiger charge is 1.99. The van der Waals surface area contributed by atoms with Gasteiger partial charge < -0.3 is 10.1 Å². The second-order valence-electron chi connectivity index (χ2n) is 3.36. The number of aryl methyl sites for hydroxylation is 1. The molecule has 0 spiro atoms. The molecule has 0 fully saturated rings. The Kier molecular flexibility index (Phi) is 5.65. The lowest BCUT2D eigenvalue weighted by Crippen LogP contribution is -2.16. The van der Waals surface area contributed by atoms with Crippen molar-refractivity contribution in [2.75, 3.05) is 19.0 Å². The first-order valence-corrected chi connectivity index (χ1v) is 6.16. The average Bonchev–Trinajstić information content (AvgIpc) is 2.23. The van der Waals surface area contributed by atoms with Gasteiger partial charge in [0, 0.05) is 29.7 Å². The molecule has 0 aromatic carbocycles. The third kappa shape index (κ3) is 4.62. The number of hydrogen-bond donors (Lipinski definition) is 1. The number of methoxy groups -OCH3 is 1. The highest BCUT2D eigenvalue weighted by molar-refractivity contribution is 9.09. The van der Waals surface area contributed by atoms with Crippen molar-refractivity contribution in [1.29, 1.82) is 0 Å². The molecule has 0 aliphatic carbocycles. The highest BCUT2D eigenvalue weighted by atomic mass is 79.9. The van der Waals surface area contributed by atoms with Crippen LogP contribution in [0.1, 0.15) is 17.8 Å². The zero-order chi connectivity index (χ0) is 11.1. The second kappa shape index (κ2) is 6.80. The van der Waals surface area contributed by atoms with E-state index in [2.05, 4.69) is 26.2 Å². The minimum absolute atomic E-state index is 0.797. The van der Waals surface area contributed by atoms with E-state index in [1.807, 2.05) is 19.1 Å². The van der Waals surface area contributed by atoms with Crippen LogP contribution >= 0.6 is 15.9 Å². The van der Waals surface area contributed by atoms with Crippen LogP contribution in [0.25, 0.3) is 0 Å². The summed E-state index contributed by atoms with van der Waals surface area (Å²) in [4.78, 5) is 4.43. The molecule has 15 heavy (non-hydrogen) atoms. The van der Waals surface area contributed by atoms with Gasteiger partial charge >= 0.3 is 0 Å². The molecule has 0 saturated heterocycles. The maximum Gasteiger partial charge on any atom is 0.122 e. The van der Waals surface area contributed by atoms with Gasteiger partial charge in [0.15, 0.2) is 0 Å². The molecule has 0 radical (unpaired) electrons. The third-order valence-corrected chi connectivity index (χ3v) is 2.57. The summed E-state index contributed by atoms with van der Waals surface area (Å²) in [5, 5.41) is 4.37. The van der Waals surface area contributed by atoms with E-state index in [0.717, 1.165) is 42.0 Å². The summed E-state index contributed by atoms with van der Waals surface area (Å²) in [5.41, 5.74) is 2.02. The molecule has 1 heterocycles. The summed E-state index contributed by atoms with van der Waals surface area (Å²) in [7, 11) is 1.68. The summed E-state index contributed by atoms with van der Waals surface area (Å²) < 4.78 is 5.19. The summed E-state index contributed by atoms with van der Waals surface area (Å²) in [6, 6.07) is 3.90. The Hall–Kier alpha value is -0.610. The van der Waals surface area contributed by atoms with Gasteiger partial charge in [0.25, 0.3) is 0 Å². The Bertz CT molecular complexity index is 305. The maximum absolute atomic E-state index is 5.19. The molecule has 0 aliphatic heterocycles. The topological polar surface area (TPSA) is 34.1 Å². The monoisotopic (exact) mass is 272 g/mol. The zero-order valence-corrected chi connectivity index (χ0v) is 10.8. The maximum atomic E-state index is 5.19. The lowest BCUT2D eigenvalue weighted by Gasteiger charge is -2.06. The van der Waals surface area contributed by atoms with Gasteiger partial charge in [0.1, 0.15) is 5.75 Å². The summed E-state index contributed by atoms with van der Waals surface area (Å²) in [6.45, 7) is 3.78. The number of aromatic nitrogens is 1. The zero-order valence-electron chi connectivity index (χ0n) is 9.22. The van der Waals surface area contributed by atoms with E-state index in [0.29, 0.717) is 0 Å². The average molecular weight is 273 g/mol. The van der Waals surface area contributed by atoms with Crippen LogP contribution in [0.4, 0.5) is 0 Å². The molecule has 0 bridgehead atoms. The minimum atomic E-state index is 0.797. The Morgan fingerprint density at radius 2 is 2.27 bits per heavy atom. The fourth-order valence-electron chi connectivity index (χ4n) is 1.32. The number of rotatable bonds is 6. The molecule has 0 saturated carbocycles. The fourth-order valence-corrected chi connectivity index (χ4v) is 1.60. The van der Waals surface area contributed by atoms with E-state index in [4.69, 9.17) is 4.74 Å². The Morgan fingerprint density at radius 1 is 1.47 bits per heavy atom. The van der Waals surface area contributed by atoms with Crippen molar-refractivity contribution in [3.63, 3.8) is 0 Å². The Labute approximate surface area is 99.4 Å². The summed E-state index contributed by atoms with van der Waals surface area (Å²) >= 11 is 3.39. The summed E-state index contributed by atoms with van der Waals surface area (Å²) in [5.74, 6) is 0.875. The molecule has 1 rings (SSSR count). The van der Waals surface area contributed by atoms with Gasteiger partial charge in [-0.1, -0.05) is 15.9 Å². The van der Waals surface area contributed by atoms with Crippen LogP contribution < -0.4 is 10.1 Å². The van der Waals surface area contributed by atoms with Crippen molar-refractivity contribution >= 4 is 15.9 Å². The van der Waals surface area contributed by atoms with Crippen molar-refractivity contribution in [3.8, 4) is 5.75 Å². The molecular weight excluding hydrogens is 256 g/mol. The van der Waals surface area contributed by atoms with E-state index in [-0.39, 0.29) is 0 Å². The lowest BCUT2D eigenvalue weighted by molar-refractivity contribution is 0.412. The number of nitrogens with one attached hydrogen (secondary N) is 1. The Morgan fingerprint density at radius 3 is 2.93 bits per heavy atom. The molecule has 0 aliphatic rings. The molecular formula is C11H17BrN2O. The van der Waals surface area contributed by atoms with E-state index in [9.17, 15) is 0 Å². The number of hydrogen-bond acceptors (Lipinski definition) is 3. The molecule has 1 aromatic rings. The Balaban J connectivity index is 2.49. The minimum Gasteiger partial charge on any atom is -0.497 e. The molecule has 1 N–H and O–H groups in total. The van der Waals surface area contributed by atoms with Gasteiger partial charge in [-0.3, -0.25) is 4.98 Å². The van der Waals surface area contributed by atoms with Crippen molar-refractivity contribution in [2.45, 2.75) is 19.9 Å². The highest BCUT2D eigenvalue weighted by Crippen LogP contribution is 2.12. The van der Waals surface area contributed by atoms with E-state index in [1.165, 1.54) is 0 Å². The van der Waals surface area contributed by atoms with Crippen molar-refractivity contribution in [3.05, 3.63) is 23.5 Å². The molecule has 4 heteroatoms. The predicted octanol–water partition coefficient (Wildman–Crippen LogP) is 2.27. The van der Waals surface area contributed by atoms with Gasteiger partial charge in [0.2, 0.25) is 0 Å². The first-order chi connectivity index (χ1) is 7.26. The quantitative estimate of drug-likeness (QED) is 0.637.